The van der Waals surface area contributed by atoms with Crippen molar-refractivity contribution in [3.8, 4) is 0 Å². The number of benzene rings is 2. The van der Waals surface area contributed by atoms with Gasteiger partial charge in [-0.15, -0.1) is 0 Å². The van der Waals surface area contributed by atoms with Gasteiger partial charge < -0.3 is 4.57 Å². The van der Waals surface area contributed by atoms with Crippen LogP contribution in [0.1, 0.15) is 22.9 Å². The molecule has 0 spiro atoms. The van der Waals surface area contributed by atoms with Crippen LogP contribution in [0, 0.1) is 6.92 Å². The second kappa shape index (κ2) is 6.58. The van der Waals surface area contributed by atoms with Gasteiger partial charge in [0.2, 0.25) is 10.0 Å². The first-order valence-electron chi connectivity index (χ1n) is 8.46. The van der Waals surface area contributed by atoms with Crippen molar-refractivity contribution >= 4 is 21.6 Å². The monoisotopic (exact) mass is 386 g/mol. The van der Waals surface area contributed by atoms with Gasteiger partial charge in [-0.2, -0.15) is 4.31 Å². The molecule has 0 fully saturated rings. The lowest BCUT2D eigenvalue weighted by atomic mass is 10.0. The predicted molar refractivity (Wildman–Crippen MR) is 103 cm³/mol. The molecule has 2 heterocycles. The molecule has 1 aliphatic heterocycles. The Kier molecular flexibility index (Phi) is 4.39. The normalized spacial score (nSPS) is 17.8. The Hall–Kier alpha value is -2.08. The largest absolute Gasteiger partial charge is 0.348 e. The summed E-state index contributed by atoms with van der Waals surface area (Å²) >= 11 is 6.04. The SMILES string of the molecule is Cc1ccc(C2c3cccn3CCN2S(=O)(=O)c2cccc(Cl)c2)cc1. The Morgan fingerprint density at radius 3 is 2.50 bits per heavy atom. The Labute approximate surface area is 158 Å². The smallest absolute Gasteiger partial charge is 0.244 e. The maximum absolute atomic E-state index is 13.4. The van der Waals surface area contributed by atoms with Crippen molar-refractivity contribution in [1.29, 1.82) is 0 Å². The number of sulfonamides is 1. The molecule has 6 heteroatoms. The molecule has 134 valence electrons. The van der Waals surface area contributed by atoms with Crippen molar-refractivity contribution in [2.24, 2.45) is 0 Å². The molecule has 0 N–H and O–H groups in total. The summed E-state index contributed by atoms with van der Waals surface area (Å²) in [6.45, 7) is 3.06. The number of hydrogen-bond acceptors (Lipinski definition) is 2. The maximum Gasteiger partial charge on any atom is 0.244 e. The summed E-state index contributed by atoms with van der Waals surface area (Å²) in [6, 6.07) is 18.1. The van der Waals surface area contributed by atoms with Crippen molar-refractivity contribution < 1.29 is 8.42 Å². The van der Waals surface area contributed by atoms with Crippen LogP contribution in [0.25, 0.3) is 0 Å². The van der Waals surface area contributed by atoms with Crippen molar-refractivity contribution in [3.63, 3.8) is 0 Å². The van der Waals surface area contributed by atoms with Crippen LogP contribution in [-0.2, 0) is 16.6 Å². The molecular formula is C20H19ClN2O2S. The highest BCUT2D eigenvalue weighted by Crippen LogP contribution is 2.36. The van der Waals surface area contributed by atoms with Gasteiger partial charge in [0.25, 0.3) is 0 Å². The van der Waals surface area contributed by atoms with Gasteiger partial charge in [-0.05, 0) is 42.8 Å². The summed E-state index contributed by atoms with van der Waals surface area (Å²) in [4.78, 5) is 0.224. The zero-order valence-corrected chi connectivity index (χ0v) is 15.9. The third-order valence-corrected chi connectivity index (χ3v) is 6.89. The Balaban J connectivity index is 1.85. The average molecular weight is 387 g/mol. The molecular weight excluding hydrogens is 368 g/mol. The van der Waals surface area contributed by atoms with Gasteiger partial charge in [0.05, 0.1) is 10.9 Å². The van der Waals surface area contributed by atoms with E-state index in [4.69, 9.17) is 11.6 Å². The van der Waals surface area contributed by atoms with Gasteiger partial charge in [0.1, 0.15) is 0 Å². The molecule has 1 aliphatic rings. The lowest BCUT2D eigenvalue weighted by Crippen LogP contribution is -2.42. The summed E-state index contributed by atoms with van der Waals surface area (Å²) in [6.07, 6.45) is 2.00. The second-order valence-corrected chi connectivity index (χ2v) is 8.84. The molecule has 1 unspecified atom stereocenters. The predicted octanol–water partition coefficient (Wildman–Crippen LogP) is 4.24. The van der Waals surface area contributed by atoms with Crippen molar-refractivity contribution in [2.75, 3.05) is 6.54 Å². The van der Waals surface area contributed by atoms with Crippen LogP contribution in [0.15, 0.2) is 71.8 Å². The highest BCUT2D eigenvalue weighted by Gasteiger charge is 2.37. The van der Waals surface area contributed by atoms with E-state index in [2.05, 4.69) is 4.57 Å². The minimum Gasteiger partial charge on any atom is -0.348 e. The second-order valence-electron chi connectivity index (χ2n) is 6.51. The van der Waals surface area contributed by atoms with E-state index in [1.807, 2.05) is 49.5 Å². The third-order valence-electron chi connectivity index (χ3n) is 4.79. The summed E-state index contributed by atoms with van der Waals surface area (Å²) in [5.74, 6) is 0. The number of nitrogens with zero attached hydrogens (tertiary/aromatic N) is 2. The van der Waals surface area contributed by atoms with E-state index in [0.29, 0.717) is 18.1 Å². The molecule has 4 nitrogen and oxygen atoms in total. The van der Waals surface area contributed by atoms with E-state index in [-0.39, 0.29) is 10.9 Å². The number of halogens is 1. The van der Waals surface area contributed by atoms with Gasteiger partial charge in [0.15, 0.2) is 0 Å². The number of aromatic nitrogens is 1. The van der Waals surface area contributed by atoms with Crippen LogP contribution >= 0.6 is 11.6 Å². The summed E-state index contributed by atoms with van der Waals surface area (Å²) < 4.78 is 30.5. The fourth-order valence-electron chi connectivity index (χ4n) is 3.47. The summed E-state index contributed by atoms with van der Waals surface area (Å²) in [5.41, 5.74) is 3.08. The number of hydrogen-bond donors (Lipinski definition) is 0. The minimum absolute atomic E-state index is 0.224. The molecule has 1 aromatic heterocycles. The standard InChI is InChI=1S/C20H19ClN2O2S/c1-15-7-9-16(10-8-15)20-19-6-3-11-22(19)12-13-23(20)26(24,25)18-5-2-4-17(21)14-18/h2-11,14,20H,12-13H2,1H3. The highest BCUT2D eigenvalue weighted by atomic mass is 35.5. The van der Waals surface area contributed by atoms with Crippen LogP contribution < -0.4 is 0 Å². The zero-order chi connectivity index (χ0) is 18.3. The van der Waals surface area contributed by atoms with Crippen LogP contribution in [0.4, 0.5) is 0 Å². The summed E-state index contributed by atoms with van der Waals surface area (Å²) in [7, 11) is -3.68. The lowest BCUT2D eigenvalue weighted by Gasteiger charge is -2.36. The van der Waals surface area contributed by atoms with E-state index < -0.39 is 10.0 Å². The van der Waals surface area contributed by atoms with Crippen LogP contribution in [0.3, 0.4) is 0 Å². The zero-order valence-electron chi connectivity index (χ0n) is 14.3. The van der Waals surface area contributed by atoms with Gasteiger partial charge in [0, 0.05) is 30.0 Å². The van der Waals surface area contributed by atoms with Gasteiger partial charge in [-0.25, -0.2) is 8.42 Å². The lowest BCUT2D eigenvalue weighted by molar-refractivity contribution is 0.298. The van der Waals surface area contributed by atoms with Crippen LogP contribution in [0.5, 0.6) is 0 Å². The first-order valence-corrected chi connectivity index (χ1v) is 10.3. The maximum atomic E-state index is 13.4. The quantitative estimate of drug-likeness (QED) is 0.675. The fourth-order valence-corrected chi connectivity index (χ4v) is 5.35. The molecule has 2 aromatic carbocycles. The molecule has 1 atom stereocenters. The molecule has 0 amide bonds. The van der Waals surface area contributed by atoms with E-state index in [9.17, 15) is 8.42 Å². The highest BCUT2D eigenvalue weighted by molar-refractivity contribution is 7.89. The molecule has 4 rings (SSSR count). The van der Waals surface area contributed by atoms with Crippen molar-refractivity contribution in [3.05, 3.63) is 88.7 Å². The number of aryl methyl sites for hydroxylation is 1. The van der Waals surface area contributed by atoms with Gasteiger partial charge in [-0.3, -0.25) is 0 Å². The molecule has 0 saturated carbocycles. The first kappa shape index (κ1) is 17.3. The topological polar surface area (TPSA) is 42.3 Å². The van der Waals surface area contributed by atoms with Crippen LogP contribution in [0.2, 0.25) is 5.02 Å². The number of rotatable bonds is 3. The average Bonchev–Trinajstić information content (AvgIpc) is 3.10. The Morgan fingerprint density at radius 1 is 1.00 bits per heavy atom. The van der Waals surface area contributed by atoms with Crippen molar-refractivity contribution in [2.45, 2.75) is 24.4 Å². The Morgan fingerprint density at radius 2 is 1.77 bits per heavy atom. The molecule has 0 radical (unpaired) electrons. The van der Waals surface area contributed by atoms with E-state index >= 15 is 0 Å². The van der Waals surface area contributed by atoms with E-state index in [1.54, 1.807) is 22.5 Å². The summed E-state index contributed by atoms with van der Waals surface area (Å²) in [5, 5.41) is 0.415. The van der Waals surface area contributed by atoms with Crippen molar-refractivity contribution in [1.82, 2.24) is 8.87 Å². The fraction of sp³-hybridized carbons (Fsp3) is 0.200. The molecule has 3 aromatic rings. The molecule has 26 heavy (non-hydrogen) atoms. The minimum atomic E-state index is -3.68. The third kappa shape index (κ3) is 2.96. The van der Waals surface area contributed by atoms with E-state index in [0.717, 1.165) is 16.8 Å². The van der Waals surface area contributed by atoms with Crippen LogP contribution in [-0.4, -0.2) is 23.8 Å². The molecule has 0 bridgehead atoms. The van der Waals surface area contributed by atoms with Gasteiger partial charge in [-0.1, -0.05) is 47.5 Å². The number of fused-ring (bicyclic) bond motifs is 1. The Bertz CT molecular complexity index is 1040. The van der Waals surface area contributed by atoms with E-state index in [1.165, 1.54) is 6.07 Å². The first-order chi connectivity index (χ1) is 12.5. The molecule has 0 aliphatic carbocycles. The molecule has 0 saturated heterocycles. The van der Waals surface area contributed by atoms with Gasteiger partial charge >= 0.3 is 0 Å².